The van der Waals surface area contributed by atoms with Gasteiger partial charge in [-0.1, -0.05) is 39.3 Å². The Morgan fingerprint density at radius 3 is 2.38 bits per heavy atom. The van der Waals surface area contributed by atoms with E-state index in [1.54, 1.807) is 4.90 Å². The number of benzene rings is 1. The molecule has 0 fully saturated rings. The summed E-state index contributed by atoms with van der Waals surface area (Å²) in [5, 5.41) is 11.5. The first-order valence-corrected chi connectivity index (χ1v) is 8.63. The second-order valence-electron chi connectivity index (χ2n) is 6.09. The van der Waals surface area contributed by atoms with Crippen LogP contribution in [-0.4, -0.2) is 53.4 Å². The van der Waals surface area contributed by atoms with Gasteiger partial charge >= 0.3 is 0 Å². The smallest absolute Gasteiger partial charge is 0.283 e. The van der Waals surface area contributed by atoms with Crippen LogP contribution in [0.25, 0.3) is 0 Å². The van der Waals surface area contributed by atoms with Gasteiger partial charge in [-0.25, -0.2) is 0 Å². The van der Waals surface area contributed by atoms with Gasteiger partial charge in [-0.2, -0.15) is 0 Å². The molecule has 0 heterocycles. The molecule has 1 amide bonds. The molecule has 0 spiro atoms. The minimum atomic E-state index is -0.558. The molecule has 0 unspecified atom stereocenters. The third kappa shape index (κ3) is 5.76. The molecule has 7 heteroatoms. The largest absolute Gasteiger partial charge is 0.337 e. The maximum atomic E-state index is 12.9. The monoisotopic (exact) mass is 355 g/mol. The molecule has 0 atom stereocenters. The van der Waals surface area contributed by atoms with Crippen molar-refractivity contribution < 1.29 is 9.72 Å². The number of carbonyl (C=O) groups excluding carboxylic acids is 1. The highest BCUT2D eigenvalue weighted by Gasteiger charge is 2.25. The highest BCUT2D eigenvalue weighted by Crippen LogP contribution is 2.24. The Balaban J connectivity index is 3.05. The highest BCUT2D eigenvalue weighted by atomic mass is 35.5. The summed E-state index contributed by atoms with van der Waals surface area (Å²) in [5.74, 6) is -0.0452. The number of nitro groups is 1. The molecule has 0 aliphatic rings. The van der Waals surface area contributed by atoms with Gasteiger partial charge in [-0.15, -0.1) is 0 Å². The molecule has 0 saturated carbocycles. The van der Waals surface area contributed by atoms with E-state index >= 15 is 0 Å². The molecule has 0 aromatic heterocycles. The van der Waals surface area contributed by atoms with Crippen molar-refractivity contribution in [3.05, 3.63) is 38.9 Å². The topological polar surface area (TPSA) is 66.7 Å². The lowest BCUT2D eigenvalue weighted by atomic mass is 10.1. The van der Waals surface area contributed by atoms with Crippen molar-refractivity contribution in [2.24, 2.45) is 5.92 Å². The van der Waals surface area contributed by atoms with Crippen LogP contribution in [0, 0.1) is 16.0 Å². The molecule has 6 nitrogen and oxygen atoms in total. The summed E-state index contributed by atoms with van der Waals surface area (Å²) in [5.41, 5.74) is -0.159. The maximum absolute atomic E-state index is 12.9. The third-order valence-corrected chi connectivity index (χ3v) is 4.08. The van der Waals surface area contributed by atoms with E-state index in [-0.39, 0.29) is 28.1 Å². The lowest BCUT2D eigenvalue weighted by Gasteiger charge is -2.28. The lowest BCUT2D eigenvalue weighted by molar-refractivity contribution is -0.385. The maximum Gasteiger partial charge on any atom is 0.283 e. The zero-order chi connectivity index (χ0) is 18.3. The molecule has 0 aliphatic carbocycles. The van der Waals surface area contributed by atoms with Gasteiger partial charge in [-0.05, 0) is 31.1 Å². The summed E-state index contributed by atoms with van der Waals surface area (Å²) in [6.45, 7) is 11.8. The summed E-state index contributed by atoms with van der Waals surface area (Å²) >= 11 is 5.83. The first kappa shape index (κ1) is 20.4. The molecular weight excluding hydrogens is 330 g/mol. The number of likely N-dealkylation sites (N-methyl/N-ethyl adjacent to an activating group) is 1. The van der Waals surface area contributed by atoms with E-state index < -0.39 is 4.92 Å². The van der Waals surface area contributed by atoms with Crippen molar-refractivity contribution in [3.63, 3.8) is 0 Å². The normalized spacial score (nSPS) is 11.1. The molecule has 1 rings (SSSR count). The first-order chi connectivity index (χ1) is 11.3. The van der Waals surface area contributed by atoms with Crippen LogP contribution in [-0.2, 0) is 0 Å². The van der Waals surface area contributed by atoms with Gasteiger partial charge in [0.1, 0.15) is 5.56 Å². The zero-order valence-electron chi connectivity index (χ0n) is 14.8. The number of hydrogen-bond acceptors (Lipinski definition) is 4. The summed E-state index contributed by atoms with van der Waals surface area (Å²) < 4.78 is 0. The Morgan fingerprint density at radius 1 is 1.25 bits per heavy atom. The van der Waals surface area contributed by atoms with Crippen LogP contribution in [0.3, 0.4) is 0 Å². The summed E-state index contributed by atoms with van der Waals surface area (Å²) in [6.07, 6.45) is 0. The molecule has 24 heavy (non-hydrogen) atoms. The van der Waals surface area contributed by atoms with Crippen LogP contribution in [0.15, 0.2) is 18.2 Å². The molecule has 1 aromatic carbocycles. The second kappa shape index (κ2) is 9.59. The standard InChI is InChI=1S/C17H26ClN3O3/c1-5-19(6-2)9-10-20(12-13(3)4)17(22)15-8-7-14(18)11-16(15)21(23)24/h7-8,11,13H,5-6,9-10,12H2,1-4H3. The minimum absolute atomic E-state index is 0.0876. The average Bonchev–Trinajstić information content (AvgIpc) is 2.53. The number of carbonyl (C=O) groups is 1. The third-order valence-electron chi connectivity index (χ3n) is 3.84. The van der Waals surface area contributed by atoms with Crippen LogP contribution in [0.1, 0.15) is 38.1 Å². The number of halogens is 1. The Labute approximate surface area is 148 Å². The van der Waals surface area contributed by atoms with Crippen molar-refractivity contribution in [2.75, 3.05) is 32.7 Å². The predicted octanol–water partition coefficient (Wildman–Crippen LogP) is 3.69. The fraction of sp³-hybridized carbons (Fsp3) is 0.588. The SMILES string of the molecule is CCN(CC)CCN(CC(C)C)C(=O)c1ccc(Cl)cc1[N+](=O)[O-]. The molecule has 1 aromatic rings. The molecule has 0 bridgehead atoms. The Bertz CT molecular complexity index is 574. The molecule has 0 N–H and O–H groups in total. The first-order valence-electron chi connectivity index (χ1n) is 8.25. The molecule has 0 saturated heterocycles. The molecule has 0 radical (unpaired) electrons. The zero-order valence-corrected chi connectivity index (χ0v) is 15.5. The Morgan fingerprint density at radius 2 is 1.88 bits per heavy atom. The van der Waals surface area contributed by atoms with E-state index in [0.717, 1.165) is 19.6 Å². The van der Waals surface area contributed by atoms with Crippen molar-refractivity contribution in [2.45, 2.75) is 27.7 Å². The van der Waals surface area contributed by atoms with Gasteiger partial charge in [-0.3, -0.25) is 14.9 Å². The van der Waals surface area contributed by atoms with Crippen LogP contribution in [0.4, 0.5) is 5.69 Å². The van der Waals surface area contributed by atoms with E-state index in [2.05, 4.69) is 18.7 Å². The van der Waals surface area contributed by atoms with E-state index in [4.69, 9.17) is 11.6 Å². The van der Waals surface area contributed by atoms with Gasteiger partial charge < -0.3 is 9.80 Å². The van der Waals surface area contributed by atoms with Crippen molar-refractivity contribution >= 4 is 23.2 Å². The van der Waals surface area contributed by atoms with Crippen molar-refractivity contribution in [3.8, 4) is 0 Å². The van der Waals surface area contributed by atoms with Crippen LogP contribution in [0.5, 0.6) is 0 Å². The van der Waals surface area contributed by atoms with Crippen LogP contribution < -0.4 is 0 Å². The highest BCUT2D eigenvalue weighted by molar-refractivity contribution is 6.31. The number of rotatable bonds is 9. The number of amides is 1. The fourth-order valence-electron chi connectivity index (χ4n) is 2.53. The molecular formula is C17H26ClN3O3. The van der Waals surface area contributed by atoms with Crippen molar-refractivity contribution in [1.82, 2.24) is 9.80 Å². The summed E-state index contributed by atoms with van der Waals surface area (Å²) in [6, 6.07) is 4.18. The van der Waals surface area contributed by atoms with Gasteiger partial charge in [0.05, 0.1) is 4.92 Å². The average molecular weight is 356 g/mol. The number of nitrogens with zero attached hydrogens (tertiary/aromatic N) is 3. The van der Waals surface area contributed by atoms with Gasteiger partial charge in [0.15, 0.2) is 0 Å². The van der Waals surface area contributed by atoms with Crippen LogP contribution in [0.2, 0.25) is 5.02 Å². The minimum Gasteiger partial charge on any atom is -0.337 e. The lowest BCUT2D eigenvalue weighted by Crippen LogP contribution is -2.40. The Kier molecular flexibility index (Phi) is 8.15. The van der Waals surface area contributed by atoms with Gasteiger partial charge in [0.2, 0.25) is 0 Å². The van der Waals surface area contributed by atoms with E-state index in [1.165, 1.54) is 18.2 Å². The van der Waals surface area contributed by atoms with E-state index in [0.29, 0.717) is 13.1 Å². The predicted molar refractivity (Wildman–Crippen MR) is 96.6 cm³/mol. The Hall–Kier alpha value is -1.66. The van der Waals surface area contributed by atoms with Crippen molar-refractivity contribution in [1.29, 1.82) is 0 Å². The second-order valence-corrected chi connectivity index (χ2v) is 6.53. The number of hydrogen-bond donors (Lipinski definition) is 0. The molecule has 0 aliphatic heterocycles. The molecule has 134 valence electrons. The van der Waals surface area contributed by atoms with E-state index in [9.17, 15) is 14.9 Å². The fourth-order valence-corrected chi connectivity index (χ4v) is 2.69. The van der Waals surface area contributed by atoms with Gasteiger partial charge in [0.25, 0.3) is 11.6 Å². The number of nitro benzene ring substituents is 1. The van der Waals surface area contributed by atoms with Crippen LogP contribution >= 0.6 is 11.6 Å². The quantitative estimate of drug-likeness (QED) is 0.500. The summed E-state index contributed by atoms with van der Waals surface area (Å²) in [4.78, 5) is 27.5. The van der Waals surface area contributed by atoms with E-state index in [1.807, 2.05) is 13.8 Å². The summed E-state index contributed by atoms with van der Waals surface area (Å²) in [7, 11) is 0. The van der Waals surface area contributed by atoms with Gasteiger partial charge in [0, 0.05) is 30.7 Å².